The third-order valence-electron chi connectivity index (χ3n) is 3.73. The predicted molar refractivity (Wildman–Crippen MR) is 99.2 cm³/mol. The lowest BCUT2D eigenvalue weighted by Crippen LogP contribution is -2.37. The van der Waals surface area contributed by atoms with Crippen molar-refractivity contribution in [1.29, 1.82) is 0 Å². The van der Waals surface area contributed by atoms with Crippen LogP contribution in [0.4, 0.5) is 4.79 Å². The maximum Gasteiger partial charge on any atom is 0.509 e. The minimum absolute atomic E-state index is 0.0807. The second-order valence-corrected chi connectivity index (χ2v) is 7.44. The SMILES string of the molecule is C[C@H](OC(=O)OC(C)(C)C)C(=O)O[C@H](C(=O)ON1C(=O)CCC1=O)c1ccccc1. The molecule has 0 spiro atoms. The molecule has 1 heterocycles. The molecular weight excluding hydrogens is 398 g/mol. The molecule has 1 saturated heterocycles. The van der Waals surface area contributed by atoms with Crippen molar-refractivity contribution >= 4 is 29.9 Å². The molecule has 2 amide bonds. The first-order chi connectivity index (χ1) is 14.0. The van der Waals surface area contributed by atoms with Crippen LogP contribution in [0.1, 0.15) is 52.2 Å². The van der Waals surface area contributed by atoms with Gasteiger partial charge in [-0.15, -0.1) is 5.06 Å². The van der Waals surface area contributed by atoms with Crippen molar-refractivity contribution in [3.8, 4) is 0 Å². The predicted octanol–water partition coefficient (Wildman–Crippen LogP) is 2.22. The van der Waals surface area contributed by atoms with Gasteiger partial charge in [0.2, 0.25) is 6.10 Å². The molecule has 10 heteroatoms. The molecule has 2 atom stereocenters. The van der Waals surface area contributed by atoms with E-state index >= 15 is 0 Å². The molecule has 0 unspecified atom stereocenters. The molecule has 0 N–H and O–H groups in total. The Balaban J connectivity index is 2.11. The number of carbonyl (C=O) groups excluding carboxylic acids is 5. The Labute approximate surface area is 173 Å². The van der Waals surface area contributed by atoms with Crippen molar-refractivity contribution in [2.24, 2.45) is 0 Å². The maximum atomic E-state index is 12.6. The van der Waals surface area contributed by atoms with Crippen LogP contribution in [0.15, 0.2) is 30.3 Å². The summed E-state index contributed by atoms with van der Waals surface area (Å²) in [6.07, 6.45) is -4.23. The molecule has 0 aliphatic carbocycles. The highest BCUT2D eigenvalue weighted by Crippen LogP contribution is 2.23. The summed E-state index contributed by atoms with van der Waals surface area (Å²) in [4.78, 5) is 65.0. The highest BCUT2D eigenvalue weighted by atomic mass is 16.8. The van der Waals surface area contributed by atoms with Crippen molar-refractivity contribution in [1.82, 2.24) is 5.06 Å². The van der Waals surface area contributed by atoms with Crippen molar-refractivity contribution in [3.05, 3.63) is 35.9 Å². The van der Waals surface area contributed by atoms with Gasteiger partial charge in [0, 0.05) is 18.4 Å². The molecule has 2 rings (SSSR count). The van der Waals surface area contributed by atoms with Crippen molar-refractivity contribution in [3.63, 3.8) is 0 Å². The van der Waals surface area contributed by atoms with Crippen molar-refractivity contribution in [2.75, 3.05) is 0 Å². The largest absolute Gasteiger partial charge is 0.509 e. The van der Waals surface area contributed by atoms with Gasteiger partial charge in [-0.3, -0.25) is 9.59 Å². The number of nitrogens with zero attached hydrogens (tertiary/aromatic N) is 1. The van der Waals surface area contributed by atoms with E-state index in [0.717, 1.165) is 0 Å². The smallest absolute Gasteiger partial charge is 0.443 e. The highest BCUT2D eigenvalue weighted by Gasteiger charge is 2.37. The van der Waals surface area contributed by atoms with Crippen LogP contribution in [0.25, 0.3) is 0 Å². The van der Waals surface area contributed by atoms with E-state index in [-0.39, 0.29) is 18.4 Å². The number of imide groups is 1. The zero-order chi connectivity index (χ0) is 22.5. The van der Waals surface area contributed by atoms with Crippen molar-refractivity contribution < 1.29 is 43.0 Å². The lowest BCUT2D eigenvalue weighted by Gasteiger charge is -2.22. The van der Waals surface area contributed by atoms with Gasteiger partial charge in [0.1, 0.15) is 5.60 Å². The van der Waals surface area contributed by atoms with Gasteiger partial charge >= 0.3 is 18.1 Å². The first-order valence-corrected chi connectivity index (χ1v) is 9.20. The first kappa shape index (κ1) is 22.9. The van der Waals surface area contributed by atoms with E-state index < -0.39 is 47.7 Å². The molecule has 1 aliphatic heterocycles. The molecule has 1 aromatic carbocycles. The van der Waals surface area contributed by atoms with Gasteiger partial charge in [0.05, 0.1) is 0 Å². The summed E-state index contributed by atoms with van der Waals surface area (Å²) in [5.74, 6) is -3.55. The van der Waals surface area contributed by atoms with Crippen LogP contribution in [-0.4, -0.2) is 46.7 Å². The van der Waals surface area contributed by atoms with Gasteiger partial charge in [0.15, 0.2) is 6.10 Å². The van der Waals surface area contributed by atoms with Gasteiger partial charge in [-0.25, -0.2) is 14.4 Å². The lowest BCUT2D eigenvalue weighted by atomic mass is 10.1. The van der Waals surface area contributed by atoms with Gasteiger partial charge in [-0.05, 0) is 27.7 Å². The van der Waals surface area contributed by atoms with Crippen LogP contribution in [-0.2, 0) is 38.2 Å². The van der Waals surface area contributed by atoms with E-state index in [2.05, 4.69) is 0 Å². The number of carbonyl (C=O) groups is 5. The summed E-state index contributed by atoms with van der Waals surface area (Å²) in [6, 6.07) is 7.85. The Morgan fingerprint density at radius 3 is 2.03 bits per heavy atom. The molecule has 0 saturated carbocycles. The van der Waals surface area contributed by atoms with E-state index in [0.29, 0.717) is 5.06 Å². The highest BCUT2D eigenvalue weighted by molar-refractivity contribution is 6.01. The summed E-state index contributed by atoms with van der Waals surface area (Å²) in [5, 5.41) is 0.354. The Hall–Kier alpha value is -3.43. The molecule has 30 heavy (non-hydrogen) atoms. The number of hydrogen-bond acceptors (Lipinski definition) is 9. The minimum atomic E-state index is -1.59. The third kappa shape index (κ3) is 6.29. The zero-order valence-corrected chi connectivity index (χ0v) is 17.1. The number of rotatable bonds is 6. The van der Waals surface area contributed by atoms with Crippen LogP contribution < -0.4 is 0 Å². The quantitative estimate of drug-likeness (QED) is 0.502. The van der Waals surface area contributed by atoms with Gasteiger partial charge in [-0.2, -0.15) is 0 Å². The van der Waals surface area contributed by atoms with Gasteiger partial charge < -0.3 is 19.0 Å². The second-order valence-electron chi connectivity index (χ2n) is 7.44. The fraction of sp³-hybridized carbons (Fsp3) is 0.450. The fourth-order valence-corrected chi connectivity index (χ4v) is 2.35. The summed E-state index contributed by atoms with van der Waals surface area (Å²) < 4.78 is 15.0. The van der Waals surface area contributed by atoms with E-state index in [4.69, 9.17) is 19.0 Å². The van der Waals surface area contributed by atoms with Gasteiger partial charge in [0.25, 0.3) is 11.8 Å². The fourth-order valence-electron chi connectivity index (χ4n) is 2.35. The number of benzene rings is 1. The summed E-state index contributed by atoms with van der Waals surface area (Å²) in [6.45, 7) is 6.12. The third-order valence-corrected chi connectivity index (χ3v) is 3.73. The van der Waals surface area contributed by atoms with E-state index in [9.17, 15) is 24.0 Å². The van der Waals surface area contributed by atoms with Crippen LogP contribution in [0.3, 0.4) is 0 Å². The molecule has 1 fully saturated rings. The van der Waals surface area contributed by atoms with E-state index in [1.165, 1.54) is 19.1 Å². The normalized spacial score (nSPS) is 15.9. The number of esters is 1. The van der Waals surface area contributed by atoms with Gasteiger partial charge in [-0.1, -0.05) is 30.3 Å². The zero-order valence-electron chi connectivity index (χ0n) is 17.1. The Morgan fingerprint density at radius 1 is 0.933 bits per heavy atom. The average Bonchev–Trinajstić information content (AvgIpc) is 2.96. The topological polar surface area (TPSA) is 126 Å². The number of amides is 2. The van der Waals surface area contributed by atoms with Crippen LogP contribution in [0, 0.1) is 0 Å². The Bertz CT molecular complexity index is 812. The number of ether oxygens (including phenoxy) is 3. The van der Waals surface area contributed by atoms with E-state index in [1.54, 1.807) is 39.0 Å². The molecule has 10 nitrogen and oxygen atoms in total. The first-order valence-electron chi connectivity index (χ1n) is 9.20. The van der Waals surface area contributed by atoms with Crippen LogP contribution >= 0.6 is 0 Å². The minimum Gasteiger partial charge on any atom is -0.443 e. The molecule has 0 aromatic heterocycles. The average molecular weight is 421 g/mol. The summed E-state index contributed by atoms with van der Waals surface area (Å²) in [5.41, 5.74) is -0.592. The molecule has 0 radical (unpaired) electrons. The molecule has 0 bridgehead atoms. The second kappa shape index (κ2) is 9.38. The standard InChI is InChI=1S/C20H23NO9/c1-12(27-19(26)29-20(2,3)4)17(24)28-16(13-8-6-5-7-9-13)18(25)30-21-14(22)10-11-15(21)23/h5-9,12,16H,10-11H2,1-4H3/t12-,16-/m0/s1. The van der Waals surface area contributed by atoms with E-state index in [1.807, 2.05) is 0 Å². The summed E-state index contributed by atoms with van der Waals surface area (Å²) >= 11 is 0. The molecule has 1 aromatic rings. The monoisotopic (exact) mass is 421 g/mol. The Kier molecular flexibility index (Phi) is 7.14. The van der Waals surface area contributed by atoms with Crippen LogP contribution in [0.2, 0.25) is 0 Å². The van der Waals surface area contributed by atoms with Crippen molar-refractivity contribution in [2.45, 2.75) is 58.3 Å². The number of hydroxylamine groups is 2. The lowest BCUT2D eigenvalue weighted by molar-refractivity contribution is -0.207. The molecule has 1 aliphatic rings. The molecular formula is C20H23NO9. The Morgan fingerprint density at radius 2 is 1.50 bits per heavy atom. The molecule has 162 valence electrons. The number of hydrogen-bond donors (Lipinski definition) is 0. The van der Waals surface area contributed by atoms with Crippen LogP contribution in [0.5, 0.6) is 0 Å². The maximum absolute atomic E-state index is 12.6. The summed E-state index contributed by atoms with van der Waals surface area (Å²) in [7, 11) is 0.